The van der Waals surface area contributed by atoms with Gasteiger partial charge in [0.1, 0.15) is 0 Å². The fourth-order valence-corrected chi connectivity index (χ4v) is 0.777. The van der Waals surface area contributed by atoms with E-state index >= 15 is 0 Å². The summed E-state index contributed by atoms with van der Waals surface area (Å²) < 4.78 is 0. The average molecular weight is 192 g/mol. The maximum atomic E-state index is 10.5. The summed E-state index contributed by atoms with van der Waals surface area (Å²) in [6, 6.07) is 0. The summed E-state index contributed by atoms with van der Waals surface area (Å²) in [6.45, 7) is 0. The van der Waals surface area contributed by atoms with Crippen molar-refractivity contribution in [2.45, 2.75) is 18.1 Å². The van der Waals surface area contributed by atoms with Gasteiger partial charge in [0.2, 0.25) is 0 Å². The molecule has 0 bridgehead atoms. The molecule has 1 atom stereocenters. The molecule has 0 aliphatic rings. The molecule has 52 valence electrons. The molecular weight excluding hydrogens is 183 g/mol. The van der Waals surface area contributed by atoms with Gasteiger partial charge < -0.3 is 0 Å². The van der Waals surface area contributed by atoms with Gasteiger partial charge in [0, 0.05) is 0 Å². The fraction of sp³-hybridized carbons (Fsp3) is 0.600. The zero-order valence-electron chi connectivity index (χ0n) is 4.96. The van der Waals surface area contributed by atoms with Gasteiger partial charge in [-0.2, -0.15) is 0 Å². The zero-order chi connectivity index (χ0) is 7.28. The van der Waals surface area contributed by atoms with Crippen LogP contribution in [0, 0.1) is 0 Å². The summed E-state index contributed by atoms with van der Waals surface area (Å²) in [6.07, 6.45) is 0.163. The van der Waals surface area contributed by atoms with Crippen molar-refractivity contribution in [3.63, 3.8) is 0 Å². The van der Waals surface area contributed by atoms with E-state index in [2.05, 4.69) is 0 Å². The Morgan fingerprint density at radius 2 is 1.89 bits per heavy atom. The number of Topliss-reactive ketones (excluding diaryl/α,β-unsaturated/α-hetero) is 1. The second kappa shape index (κ2) is 4.57. The van der Waals surface area contributed by atoms with Crippen LogP contribution >= 0.6 is 0 Å². The fourth-order valence-electron chi connectivity index (χ4n) is 0.348. The molecule has 0 saturated heterocycles. The number of ketones is 1. The van der Waals surface area contributed by atoms with Gasteiger partial charge >= 0.3 is 61.4 Å². The molecule has 0 aromatic rings. The Morgan fingerprint density at radius 1 is 1.33 bits per heavy atom. The van der Waals surface area contributed by atoms with E-state index in [1.807, 2.05) is 0 Å². The van der Waals surface area contributed by atoms with Gasteiger partial charge in [0.15, 0.2) is 0 Å². The van der Waals surface area contributed by atoms with Gasteiger partial charge in [-0.05, 0) is 0 Å². The first kappa shape index (κ1) is 8.70. The van der Waals surface area contributed by atoms with Crippen LogP contribution in [-0.4, -0.2) is 33.7 Å². The first-order valence-corrected chi connectivity index (χ1v) is 4.31. The van der Waals surface area contributed by atoms with Crippen LogP contribution < -0.4 is 0 Å². The van der Waals surface area contributed by atoms with Crippen LogP contribution in [-0.2, 0) is 9.59 Å². The molecule has 0 aromatic heterocycles. The third-order valence-electron chi connectivity index (χ3n) is 0.845. The molecule has 0 fully saturated rings. The van der Waals surface area contributed by atoms with Crippen molar-refractivity contribution in [3.8, 4) is 0 Å². The van der Waals surface area contributed by atoms with Crippen molar-refractivity contribution in [3.05, 3.63) is 0 Å². The van der Waals surface area contributed by atoms with E-state index in [4.69, 9.17) is 5.11 Å². The predicted molar refractivity (Wildman–Crippen MR) is 35.2 cm³/mol. The van der Waals surface area contributed by atoms with Gasteiger partial charge in [-0.15, -0.1) is 0 Å². The molecule has 0 amide bonds. The summed E-state index contributed by atoms with van der Waals surface area (Å²) in [7, 11) is 0. The average Bonchev–Trinajstić information content (AvgIpc) is 1.83. The maximum absolute atomic E-state index is 10.5. The molecule has 3 nitrogen and oxygen atoms in total. The Labute approximate surface area is 61.9 Å². The Morgan fingerprint density at radius 3 is 2.22 bits per heavy atom. The number of hydrogen-bond donors (Lipinski definition) is 1. The van der Waals surface area contributed by atoms with Crippen LogP contribution in [0.2, 0.25) is 5.21 Å². The van der Waals surface area contributed by atoms with Gasteiger partial charge in [-0.25, -0.2) is 0 Å². The molecule has 0 spiro atoms. The molecule has 0 aliphatic carbocycles. The SMILES string of the molecule is O=C(O)CCC(=O)C[AsH2]. The summed E-state index contributed by atoms with van der Waals surface area (Å²) in [5.74, 6) is -0.860. The van der Waals surface area contributed by atoms with E-state index in [9.17, 15) is 9.59 Å². The van der Waals surface area contributed by atoms with Crippen LogP contribution in [0.3, 0.4) is 0 Å². The van der Waals surface area contributed by atoms with E-state index in [0.717, 1.165) is 0 Å². The second-order valence-corrected chi connectivity index (χ2v) is 2.49. The van der Waals surface area contributed by atoms with Crippen molar-refractivity contribution in [2.75, 3.05) is 0 Å². The third-order valence-corrected chi connectivity index (χ3v) is 1.80. The number of carbonyl (C=O) groups excluding carboxylic acids is 1. The van der Waals surface area contributed by atoms with Gasteiger partial charge in [0.05, 0.1) is 0 Å². The van der Waals surface area contributed by atoms with Crippen LogP contribution in [0.4, 0.5) is 0 Å². The molecular formula is C5H9AsO3. The van der Waals surface area contributed by atoms with Crippen LogP contribution in [0.5, 0.6) is 0 Å². The molecule has 1 unspecified atom stereocenters. The zero-order valence-corrected chi connectivity index (χ0v) is 7.39. The van der Waals surface area contributed by atoms with E-state index in [0.29, 0.717) is 5.21 Å². The monoisotopic (exact) mass is 192 g/mol. The van der Waals surface area contributed by atoms with Gasteiger partial charge in [0.25, 0.3) is 0 Å². The van der Waals surface area contributed by atoms with Crippen LogP contribution in [0.1, 0.15) is 12.8 Å². The molecule has 0 aromatic carbocycles. The number of carboxylic acid groups (broad SMARTS) is 1. The van der Waals surface area contributed by atoms with Crippen molar-refractivity contribution >= 4 is 28.6 Å². The summed E-state index contributed by atoms with van der Waals surface area (Å²) in [5, 5.41) is 8.61. The summed E-state index contributed by atoms with van der Waals surface area (Å²) in [4.78, 5) is 20.3. The van der Waals surface area contributed by atoms with Crippen molar-refractivity contribution in [1.82, 2.24) is 0 Å². The minimum absolute atomic E-state index is 0.0250. The van der Waals surface area contributed by atoms with Crippen molar-refractivity contribution in [2.24, 2.45) is 0 Å². The molecule has 1 N–H and O–H groups in total. The first-order chi connectivity index (χ1) is 4.16. The quantitative estimate of drug-likeness (QED) is 0.609. The van der Waals surface area contributed by atoms with Crippen molar-refractivity contribution < 1.29 is 14.7 Å². The third kappa shape index (κ3) is 5.57. The molecule has 0 radical (unpaired) electrons. The Hall–Kier alpha value is -0.302. The number of rotatable bonds is 4. The number of hydrogen-bond acceptors (Lipinski definition) is 2. The molecule has 0 aliphatic heterocycles. The normalized spacial score (nSPS) is 9.00. The number of carbonyl (C=O) groups is 2. The van der Waals surface area contributed by atoms with E-state index in [1.165, 1.54) is 16.9 Å². The van der Waals surface area contributed by atoms with E-state index < -0.39 is 5.97 Å². The Bertz CT molecular complexity index is 121. The standard InChI is InChI=1S/C5H9AsO3/c6-3-4(7)1-2-5(8)9/h1-3,6H2,(H,8,9). The first-order valence-electron chi connectivity index (χ1n) is 2.60. The Kier molecular flexibility index (Phi) is 4.41. The molecule has 0 saturated carbocycles. The summed E-state index contributed by atoms with van der Waals surface area (Å²) in [5.41, 5.74) is 0. The van der Waals surface area contributed by atoms with Crippen molar-refractivity contribution in [1.29, 1.82) is 0 Å². The molecule has 0 heterocycles. The van der Waals surface area contributed by atoms with E-state index in [-0.39, 0.29) is 18.6 Å². The Balaban J connectivity index is 3.28. The minimum atomic E-state index is -0.899. The summed E-state index contributed by atoms with van der Waals surface area (Å²) >= 11 is 1.33. The van der Waals surface area contributed by atoms with Crippen LogP contribution in [0.25, 0.3) is 0 Å². The molecule has 9 heavy (non-hydrogen) atoms. The topological polar surface area (TPSA) is 54.4 Å². The predicted octanol–water partition coefficient (Wildman–Crippen LogP) is -0.528. The van der Waals surface area contributed by atoms with Crippen LogP contribution in [0.15, 0.2) is 0 Å². The molecule has 4 heteroatoms. The van der Waals surface area contributed by atoms with Gasteiger partial charge in [-0.1, -0.05) is 0 Å². The van der Waals surface area contributed by atoms with Gasteiger partial charge in [-0.3, -0.25) is 0 Å². The number of aliphatic carboxylic acids is 1. The molecule has 0 rings (SSSR count). The van der Waals surface area contributed by atoms with E-state index in [1.54, 1.807) is 0 Å². The second-order valence-electron chi connectivity index (χ2n) is 1.64. The number of carboxylic acids is 1.